The fourth-order valence-corrected chi connectivity index (χ4v) is 7.35. The molecule has 0 unspecified atom stereocenters. The first-order chi connectivity index (χ1) is 19.7. The number of imidazole rings is 1. The SMILES string of the molecule is Cc1ccc(S(=O)(=O)N[C@H]2CCCc3ccc(N(Cc4nccn4C)C(=O)[C@@H]4C[C@@H]4c4ccccc4Cl)cc32)cc1. The van der Waals surface area contributed by atoms with Gasteiger partial charge in [-0.05, 0) is 85.5 Å². The van der Waals surface area contributed by atoms with Gasteiger partial charge in [-0.1, -0.05) is 53.6 Å². The average Bonchev–Trinajstić information content (AvgIpc) is 3.65. The van der Waals surface area contributed by atoms with Crippen LogP contribution in [-0.2, 0) is 34.8 Å². The highest BCUT2D eigenvalue weighted by Gasteiger charge is 2.47. The van der Waals surface area contributed by atoms with Gasteiger partial charge in [-0.25, -0.2) is 18.1 Å². The van der Waals surface area contributed by atoms with Crippen LogP contribution in [0.3, 0.4) is 0 Å². The summed E-state index contributed by atoms with van der Waals surface area (Å²) in [6.45, 7) is 2.24. The van der Waals surface area contributed by atoms with Gasteiger partial charge >= 0.3 is 0 Å². The number of benzene rings is 3. The molecule has 2 aliphatic carbocycles. The maximum absolute atomic E-state index is 14.1. The van der Waals surface area contributed by atoms with Gasteiger partial charge in [0.25, 0.3) is 0 Å². The molecule has 1 amide bonds. The zero-order chi connectivity index (χ0) is 28.7. The van der Waals surface area contributed by atoms with Crippen molar-refractivity contribution < 1.29 is 13.2 Å². The molecular formula is C32H33ClN4O3S. The monoisotopic (exact) mass is 588 g/mol. The Hall–Kier alpha value is -3.46. The smallest absolute Gasteiger partial charge is 0.241 e. The maximum atomic E-state index is 14.1. The Morgan fingerprint density at radius 2 is 1.88 bits per heavy atom. The van der Waals surface area contributed by atoms with E-state index >= 15 is 0 Å². The standard InChI is InChI=1S/C32H33ClN4O3S/c1-21-10-14-24(15-11-21)41(39,40)35-30-9-5-6-22-12-13-23(18-26(22)30)37(20-31-34-16-17-36(31)2)32(38)28-19-27(28)25-7-3-4-8-29(25)33/h3-4,7-8,10-18,27-28,30,35H,5-6,9,19-20H2,1-2H3/t27-,28-,30+/m1/s1. The molecule has 1 saturated carbocycles. The normalized spacial score (nSPS) is 19.9. The van der Waals surface area contributed by atoms with E-state index in [1.54, 1.807) is 35.4 Å². The lowest BCUT2D eigenvalue weighted by Crippen LogP contribution is -2.34. The van der Waals surface area contributed by atoms with Gasteiger partial charge in [0.1, 0.15) is 5.82 Å². The zero-order valence-corrected chi connectivity index (χ0v) is 24.7. The average molecular weight is 589 g/mol. The van der Waals surface area contributed by atoms with Gasteiger partial charge in [0.05, 0.1) is 11.4 Å². The summed E-state index contributed by atoms with van der Waals surface area (Å²) in [5.74, 6) is 0.682. The summed E-state index contributed by atoms with van der Waals surface area (Å²) < 4.78 is 31.4. The molecule has 41 heavy (non-hydrogen) atoms. The molecule has 0 spiro atoms. The number of rotatable bonds is 8. The molecule has 2 aliphatic rings. The van der Waals surface area contributed by atoms with Crippen LogP contribution in [0.25, 0.3) is 0 Å². The molecule has 1 N–H and O–H groups in total. The maximum Gasteiger partial charge on any atom is 0.241 e. The minimum atomic E-state index is -3.72. The fraction of sp³-hybridized carbons (Fsp3) is 0.312. The Morgan fingerprint density at radius 3 is 2.61 bits per heavy atom. The van der Waals surface area contributed by atoms with Gasteiger partial charge in [-0.15, -0.1) is 0 Å². The quantitative estimate of drug-likeness (QED) is 0.271. The summed E-state index contributed by atoms with van der Waals surface area (Å²) in [4.78, 5) is 20.6. The lowest BCUT2D eigenvalue weighted by Gasteiger charge is -2.29. The fourth-order valence-electron chi connectivity index (χ4n) is 5.82. The van der Waals surface area contributed by atoms with E-state index in [4.69, 9.17) is 11.6 Å². The number of aromatic nitrogens is 2. The molecule has 7 nitrogen and oxygen atoms in total. The van der Waals surface area contributed by atoms with E-state index in [0.717, 1.165) is 53.0 Å². The molecule has 0 radical (unpaired) electrons. The van der Waals surface area contributed by atoms with Crippen molar-refractivity contribution in [3.05, 3.63) is 112 Å². The molecule has 0 bridgehead atoms. The second-order valence-corrected chi connectivity index (χ2v) is 13.2. The third-order valence-electron chi connectivity index (χ3n) is 8.28. The molecule has 0 aliphatic heterocycles. The lowest BCUT2D eigenvalue weighted by molar-refractivity contribution is -0.120. The first-order valence-corrected chi connectivity index (χ1v) is 15.8. The van der Waals surface area contributed by atoms with Crippen LogP contribution in [-0.4, -0.2) is 23.9 Å². The number of carbonyl (C=O) groups excluding carboxylic acids is 1. The first kappa shape index (κ1) is 27.7. The number of nitrogens with zero attached hydrogens (tertiary/aromatic N) is 3. The molecule has 4 aromatic rings. The number of fused-ring (bicyclic) bond motifs is 1. The van der Waals surface area contributed by atoms with Gasteiger partial charge < -0.3 is 9.47 Å². The highest BCUT2D eigenvalue weighted by molar-refractivity contribution is 7.89. The van der Waals surface area contributed by atoms with Crippen LogP contribution in [0.15, 0.2) is 84.0 Å². The van der Waals surface area contributed by atoms with Crippen LogP contribution < -0.4 is 9.62 Å². The second-order valence-electron chi connectivity index (χ2n) is 11.1. The van der Waals surface area contributed by atoms with Crippen molar-refractivity contribution in [1.29, 1.82) is 0 Å². The summed E-state index contributed by atoms with van der Waals surface area (Å²) in [5, 5.41) is 0.681. The zero-order valence-electron chi connectivity index (χ0n) is 23.1. The number of sulfonamides is 1. The molecule has 1 fully saturated rings. The summed E-state index contributed by atoms with van der Waals surface area (Å²) in [6.07, 6.45) is 6.76. The summed E-state index contributed by atoms with van der Waals surface area (Å²) in [6, 6.07) is 20.2. The Morgan fingerprint density at radius 1 is 1.10 bits per heavy atom. The minimum absolute atomic E-state index is 0.0189. The number of nitrogens with one attached hydrogen (secondary N) is 1. The number of aryl methyl sites for hydroxylation is 3. The predicted molar refractivity (Wildman–Crippen MR) is 160 cm³/mol. The Bertz CT molecular complexity index is 1700. The minimum Gasteiger partial charge on any atom is -0.337 e. The van der Waals surface area contributed by atoms with Crippen LogP contribution in [0, 0.1) is 12.8 Å². The van der Waals surface area contributed by atoms with Gasteiger partial charge in [0, 0.05) is 42.1 Å². The van der Waals surface area contributed by atoms with E-state index in [0.29, 0.717) is 18.0 Å². The summed E-state index contributed by atoms with van der Waals surface area (Å²) in [7, 11) is -1.80. The molecule has 212 valence electrons. The molecule has 0 saturated heterocycles. The van der Waals surface area contributed by atoms with Crippen LogP contribution >= 0.6 is 11.6 Å². The van der Waals surface area contributed by atoms with Crippen molar-refractivity contribution in [1.82, 2.24) is 14.3 Å². The number of carbonyl (C=O) groups is 1. The Kier molecular flexibility index (Phi) is 7.49. The topological polar surface area (TPSA) is 84.3 Å². The van der Waals surface area contributed by atoms with Crippen molar-refractivity contribution in [3.8, 4) is 0 Å². The van der Waals surface area contributed by atoms with Crippen molar-refractivity contribution in [3.63, 3.8) is 0 Å². The molecule has 9 heteroatoms. The van der Waals surface area contributed by atoms with Crippen LogP contribution in [0.1, 0.15) is 59.3 Å². The Balaban J connectivity index is 1.32. The van der Waals surface area contributed by atoms with Gasteiger partial charge in [-0.3, -0.25) is 4.79 Å². The number of amides is 1. The van der Waals surface area contributed by atoms with E-state index in [1.807, 2.05) is 67.2 Å². The Labute approximate surface area is 246 Å². The van der Waals surface area contributed by atoms with E-state index in [9.17, 15) is 13.2 Å². The van der Waals surface area contributed by atoms with Crippen molar-refractivity contribution in [2.75, 3.05) is 4.90 Å². The van der Waals surface area contributed by atoms with Crippen molar-refractivity contribution in [2.45, 2.75) is 56.0 Å². The number of hydrogen-bond donors (Lipinski definition) is 1. The number of halogens is 1. The van der Waals surface area contributed by atoms with E-state index in [1.165, 1.54) is 0 Å². The van der Waals surface area contributed by atoms with Gasteiger partial charge in [0.2, 0.25) is 15.9 Å². The molecular weight excluding hydrogens is 556 g/mol. The van der Waals surface area contributed by atoms with E-state index in [2.05, 4.69) is 9.71 Å². The van der Waals surface area contributed by atoms with Crippen LogP contribution in [0.4, 0.5) is 5.69 Å². The predicted octanol–water partition coefficient (Wildman–Crippen LogP) is 6.07. The largest absolute Gasteiger partial charge is 0.337 e. The van der Waals surface area contributed by atoms with E-state index in [-0.39, 0.29) is 28.7 Å². The summed E-state index contributed by atoms with van der Waals surface area (Å²) >= 11 is 6.47. The van der Waals surface area contributed by atoms with Gasteiger partial charge in [0.15, 0.2) is 0 Å². The molecule has 1 heterocycles. The molecule has 3 atom stereocenters. The summed E-state index contributed by atoms with van der Waals surface area (Å²) in [5.41, 5.74) is 4.76. The number of hydrogen-bond acceptors (Lipinski definition) is 4. The highest BCUT2D eigenvalue weighted by Crippen LogP contribution is 2.51. The molecule has 1 aromatic heterocycles. The first-order valence-electron chi connectivity index (χ1n) is 13.9. The highest BCUT2D eigenvalue weighted by atomic mass is 35.5. The van der Waals surface area contributed by atoms with Crippen LogP contribution in [0.2, 0.25) is 5.02 Å². The molecule has 6 rings (SSSR count). The van der Waals surface area contributed by atoms with Gasteiger partial charge in [-0.2, -0.15) is 0 Å². The van der Waals surface area contributed by atoms with Crippen LogP contribution in [0.5, 0.6) is 0 Å². The third kappa shape index (κ3) is 5.69. The lowest BCUT2D eigenvalue weighted by atomic mass is 9.87. The van der Waals surface area contributed by atoms with E-state index < -0.39 is 10.0 Å². The third-order valence-corrected chi connectivity index (χ3v) is 10.1. The molecule has 3 aromatic carbocycles. The second kappa shape index (κ2) is 11.1. The number of anilines is 1. The van der Waals surface area contributed by atoms with Crippen molar-refractivity contribution in [2.24, 2.45) is 13.0 Å². The van der Waals surface area contributed by atoms with Crippen molar-refractivity contribution >= 4 is 33.2 Å².